The molecule has 24 heavy (non-hydrogen) atoms. The molecule has 1 saturated heterocycles. The lowest BCUT2D eigenvalue weighted by molar-refractivity contribution is -0.131. The van der Waals surface area contributed by atoms with Crippen LogP contribution >= 0.6 is 0 Å². The summed E-state index contributed by atoms with van der Waals surface area (Å²) in [6.07, 6.45) is 1.48. The van der Waals surface area contributed by atoms with Crippen LogP contribution in [0, 0.1) is 13.8 Å². The summed E-state index contributed by atoms with van der Waals surface area (Å²) in [7, 11) is 0. The van der Waals surface area contributed by atoms with E-state index in [-0.39, 0.29) is 19.1 Å². The smallest absolute Gasteiger partial charge is 0.325 e. The Balaban J connectivity index is 1.67. The van der Waals surface area contributed by atoms with Crippen molar-refractivity contribution in [1.82, 2.24) is 10.2 Å². The van der Waals surface area contributed by atoms with Crippen molar-refractivity contribution in [2.75, 3.05) is 13.2 Å². The van der Waals surface area contributed by atoms with Crippen LogP contribution in [0.3, 0.4) is 0 Å². The summed E-state index contributed by atoms with van der Waals surface area (Å²) >= 11 is 0. The molecule has 1 atom stereocenters. The molecule has 0 spiro atoms. The highest BCUT2D eigenvalue weighted by molar-refractivity contribution is 6.06. The van der Waals surface area contributed by atoms with Crippen molar-refractivity contribution in [1.29, 1.82) is 0 Å². The van der Waals surface area contributed by atoms with Gasteiger partial charge in [-0.15, -0.1) is 0 Å². The highest BCUT2D eigenvalue weighted by Crippen LogP contribution is 2.29. The van der Waals surface area contributed by atoms with Crippen molar-refractivity contribution in [3.8, 4) is 5.75 Å². The second-order valence-corrected chi connectivity index (χ2v) is 6.11. The Morgan fingerprint density at radius 2 is 2.04 bits per heavy atom. The molecule has 0 radical (unpaired) electrons. The average molecular weight is 328 g/mol. The highest BCUT2D eigenvalue weighted by atomic mass is 16.5. The van der Waals surface area contributed by atoms with E-state index < -0.39 is 11.6 Å². The second-order valence-electron chi connectivity index (χ2n) is 6.11. The van der Waals surface area contributed by atoms with Crippen molar-refractivity contribution < 1.29 is 18.7 Å². The first-order chi connectivity index (χ1) is 11.4. The largest absolute Gasteiger partial charge is 0.491 e. The molecule has 2 heterocycles. The molecule has 1 aromatic carbocycles. The Kier molecular flexibility index (Phi) is 4.05. The maximum absolute atomic E-state index is 12.6. The first-order valence-electron chi connectivity index (χ1n) is 7.80. The van der Waals surface area contributed by atoms with Gasteiger partial charge in [0.2, 0.25) is 0 Å². The van der Waals surface area contributed by atoms with Crippen LogP contribution in [-0.2, 0) is 10.3 Å². The minimum Gasteiger partial charge on any atom is -0.491 e. The third-order valence-corrected chi connectivity index (χ3v) is 4.21. The van der Waals surface area contributed by atoms with Gasteiger partial charge in [-0.25, -0.2) is 4.79 Å². The van der Waals surface area contributed by atoms with E-state index in [1.807, 2.05) is 32.0 Å². The number of urea groups is 1. The van der Waals surface area contributed by atoms with E-state index in [0.29, 0.717) is 5.76 Å². The summed E-state index contributed by atoms with van der Waals surface area (Å²) in [6, 6.07) is 8.85. The maximum atomic E-state index is 12.6. The number of aryl methyl sites for hydroxylation is 2. The lowest BCUT2D eigenvalue weighted by Crippen LogP contribution is -2.41. The molecule has 1 aliphatic heterocycles. The third kappa shape index (κ3) is 2.75. The van der Waals surface area contributed by atoms with E-state index in [9.17, 15) is 9.59 Å². The van der Waals surface area contributed by atoms with E-state index >= 15 is 0 Å². The maximum Gasteiger partial charge on any atom is 0.325 e. The first kappa shape index (κ1) is 16.1. The number of hydrogen-bond acceptors (Lipinski definition) is 4. The number of nitrogens with zero attached hydrogens (tertiary/aromatic N) is 1. The molecule has 1 aliphatic rings. The molecule has 0 saturated carbocycles. The number of furan rings is 1. The summed E-state index contributed by atoms with van der Waals surface area (Å²) in [5.41, 5.74) is 0.939. The van der Waals surface area contributed by atoms with Crippen LogP contribution in [0.25, 0.3) is 0 Å². The van der Waals surface area contributed by atoms with Crippen molar-refractivity contribution in [3.63, 3.8) is 0 Å². The number of amides is 3. The van der Waals surface area contributed by atoms with Gasteiger partial charge in [-0.3, -0.25) is 9.69 Å². The summed E-state index contributed by atoms with van der Waals surface area (Å²) in [5.74, 6) is 0.835. The molecule has 1 N–H and O–H groups in total. The number of ether oxygens (including phenoxy) is 1. The lowest BCUT2D eigenvalue weighted by atomic mass is 9.99. The minimum atomic E-state index is -1.17. The van der Waals surface area contributed by atoms with E-state index in [1.165, 1.54) is 6.26 Å². The quantitative estimate of drug-likeness (QED) is 0.857. The van der Waals surface area contributed by atoms with E-state index in [2.05, 4.69) is 5.32 Å². The van der Waals surface area contributed by atoms with Gasteiger partial charge in [-0.1, -0.05) is 12.1 Å². The monoisotopic (exact) mass is 328 g/mol. The van der Waals surface area contributed by atoms with Crippen LogP contribution < -0.4 is 10.1 Å². The first-order valence-corrected chi connectivity index (χ1v) is 7.80. The van der Waals surface area contributed by atoms with Crippen molar-refractivity contribution >= 4 is 11.9 Å². The Labute approximate surface area is 140 Å². The lowest BCUT2D eigenvalue weighted by Gasteiger charge is -2.19. The zero-order chi connectivity index (χ0) is 17.3. The summed E-state index contributed by atoms with van der Waals surface area (Å²) in [4.78, 5) is 25.9. The van der Waals surface area contributed by atoms with Crippen LogP contribution in [0.1, 0.15) is 23.8 Å². The number of imide groups is 1. The van der Waals surface area contributed by atoms with Gasteiger partial charge in [0.15, 0.2) is 5.54 Å². The zero-order valence-corrected chi connectivity index (χ0v) is 14.0. The summed E-state index contributed by atoms with van der Waals surface area (Å²) < 4.78 is 11.0. The zero-order valence-electron chi connectivity index (χ0n) is 14.0. The van der Waals surface area contributed by atoms with Gasteiger partial charge in [0.1, 0.15) is 18.1 Å². The SMILES string of the molecule is Cc1ccc(C)c(OCCN2C(=O)NC(C)(c3ccco3)C2=O)c1. The van der Waals surface area contributed by atoms with Crippen molar-refractivity contribution in [2.24, 2.45) is 0 Å². The van der Waals surface area contributed by atoms with Gasteiger partial charge in [-0.05, 0) is 50.1 Å². The molecule has 0 bridgehead atoms. The Hall–Kier alpha value is -2.76. The van der Waals surface area contributed by atoms with Gasteiger partial charge < -0.3 is 14.5 Å². The van der Waals surface area contributed by atoms with E-state index in [4.69, 9.17) is 9.15 Å². The molecule has 1 unspecified atom stereocenters. The van der Waals surface area contributed by atoms with Crippen LogP contribution in [0.5, 0.6) is 5.75 Å². The number of hydrogen-bond donors (Lipinski definition) is 1. The Morgan fingerprint density at radius 1 is 1.25 bits per heavy atom. The predicted octanol–water partition coefficient (Wildman–Crippen LogP) is 2.74. The van der Waals surface area contributed by atoms with Crippen LogP contribution in [0.15, 0.2) is 41.0 Å². The molecule has 1 fully saturated rings. The van der Waals surface area contributed by atoms with Crippen LogP contribution in [0.4, 0.5) is 4.79 Å². The molecule has 6 nitrogen and oxygen atoms in total. The van der Waals surface area contributed by atoms with E-state index in [1.54, 1.807) is 19.1 Å². The van der Waals surface area contributed by atoms with Gasteiger partial charge in [-0.2, -0.15) is 0 Å². The topological polar surface area (TPSA) is 71.8 Å². The molecule has 3 amide bonds. The number of carbonyl (C=O) groups is 2. The third-order valence-electron chi connectivity index (χ3n) is 4.21. The second kappa shape index (κ2) is 6.03. The van der Waals surface area contributed by atoms with Crippen LogP contribution in [0.2, 0.25) is 0 Å². The van der Waals surface area contributed by atoms with Gasteiger partial charge in [0.25, 0.3) is 5.91 Å². The van der Waals surface area contributed by atoms with Gasteiger partial charge in [0, 0.05) is 0 Å². The number of nitrogens with one attached hydrogen (secondary N) is 1. The Bertz CT molecular complexity index is 769. The van der Waals surface area contributed by atoms with Gasteiger partial charge >= 0.3 is 6.03 Å². The molecule has 126 valence electrons. The van der Waals surface area contributed by atoms with Crippen molar-refractivity contribution in [3.05, 3.63) is 53.5 Å². The minimum absolute atomic E-state index is 0.175. The average Bonchev–Trinajstić information content (AvgIpc) is 3.14. The Morgan fingerprint density at radius 3 is 2.75 bits per heavy atom. The van der Waals surface area contributed by atoms with E-state index in [0.717, 1.165) is 21.8 Å². The van der Waals surface area contributed by atoms with Crippen LogP contribution in [-0.4, -0.2) is 30.0 Å². The summed E-state index contributed by atoms with van der Waals surface area (Å²) in [5, 5.41) is 2.69. The normalized spacial score (nSPS) is 20.4. The van der Waals surface area contributed by atoms with Crippen molar-refractivity contribution in [2.45, 2.75) is 26.3 Å². The summed E-state index contributed by atoms with van der Waals surface area (Å²) in [6.45, 7) is 5.98. The highest BCUT2D eigenvalue weighted by Gasteiger charge is 2.50. The molecule has 6 heteroatoms. The molecular formula is C18H20N2O4. The molecule has 0 aliphatic carbocycles. The number of carbonyl (C=O) groups excluding carboxylic acids is 2. The molecule has 2 aromatic rings. The standard InChI is InChI=1S/C18H20N2O4/c1-12-6-7-13(2)14(11-12)23-10-8-20-16(21)18(3,19-17(20)22)15-5-4-9-24-15/h4-7,9,11H,8,10H2,1-3H3,(H,19,22). The van der Waals surface area contributed by atoms with Gasteiger partial charge in [0.05, 0.1) is 12.8 Å². The predicted molar refractivity (Wildman–Crippen MR) is 87.7 cm³/mol. The fourth-order valence-corrected chi connectivity index (χ4v) is 2.74. The molecule has 3 rings (SSSR count). The number of benzene rings is 1. The molecule has 1 aromatic heterocycles. The number of rotatable bonds is 5. The fourth-order valence-electron chi connectivity index (χ4n) is 2.74. The molecular weight excluding hydrogens is 308 g/mol. The fraction of sp³-hybridized carbons (Fsp3) is 0.333.